The highest BCUT2D eigenvalue weighted by Crippen LogP contribution is 2.21. The first-order valence-electron chi connectivity index (χ1n) is 9.89. The van der Waals surface area contributed by atoms with Crippen molar-refractivity contribution in [3.63, 3.8) is 0 Å². The van der Waals surface area contributed by atoms with E-state index in [-0.39, 0.29) is 11.6 Å². The molecule has 0 saturated carbocycles. The Balaban J connectivity index is 1.40. The third-order valence-electron chi connectivity index (χ3n) is 4.58. The summed E-state index contributed by atoms with van der Waals surface area (Å²) in [7, 11) is 0. The summed E-state index contributed by atoms with van der Waals surface area (Å²) >= 11 is 7.40. The third-order valence-corrected chi connectivity index (χ3v) is 5.64. The van der Waals surface area contributed by atoms with Crippen molar-refractivity contribution in [1.29, 1.82) is 0 Å². The van der Waals surface area contributed by atoms with Crippen molar-refractivity contribution in [1.82, 2.24) is 24.9 Å². The lowest BCUT2D eigenvalue weighted by Gasteiger charge is -2.34. The molecule has 7 nitrogen and oxygen atoms in total. The molecule has 1 aliphatic rings. The van der Waals surface area contributed by atoms with Gasteiger partial charge in [0.15, 0.2) is 0 Å². The molecule has 2 aromatic rings. The number of carbonyl (C=O) groups is 1. The minimum atomic E-state index is -0.218. The van der Waals surface area contributed by atoms with E-state index in [9.17, 15) is 4.79 Å². The van der Waals surface area contributed by atoms with Gasteiger partial charge in [-0.05, 0) is 38.5 Å². The Morgan fingerprint density at radius 2 is 1.86 bits per heavy atom. The largest absolute Gasteiger partial charge is 0.344 e. The molecule has 1 aliphatic heterocycles. The van der Waals surface area contributed by atoms with Crippen molar-refractivity contribution in [3.05, 3.63) is 40.7 Å². The number of nitrogens with zero attached hydrogens (tertiary/aromatic N) is 4. The number of urea groups is 1. The molecular formula is C20H29ClN6OS. The van der Waals surface area contributed by atoms with Gasteiger partial charge in [-0.15, -0.1) is 0 Å². The number of hydrogen-bond donors (Lipinski definition) is 2. The number of piperazine rings is 1. The molecule has 2 amide bonds. The van der Waals surface area contributed by atoms with E-state index in [0.717, 1.165) is 60.7 Å². The Kier molecular flexibility index (Phi) is 7.32. The Morgan fingerprint density at radius 1 is 1.17 bits per heavy atom. The van der Waals surface area contributed by atoms with Gasteiger partial charge >= 0.3 is 6.03 Å². The first-order valence-corrected chi connectivity index (χ1v) is 11.0. The molecule has 1 fully saturated rings. The molecule has 2 N–H and O–H groups in total. The van der Waals surface area contributed by atoms with Crippen LogP contribution in [0.25, 0.3) is 0 Å². The zero-order chi connectivity index (χ0) is 20.9. The van der Waals surface area contributed by atoms with Crippen LogP contribution in [0.15, 0.2) is 24.3 Å². The average molecular weight is 437 g/mol. The molecule has 0 bridgehead atoms. The summed E-state index contributed by atoms with van der Waals surface area (Å²) in [4.78, 5) is 21.2. The van der Waals surface area contributed by atoms with Crippen LogP contribution < -0.4 is 15.5 Å². The van der Waals surface area contributed by atoms with Gasteiger partial charge in [0, 0.05) is 67.8 Å². The Labute approximate surface area is 181 Å². The summed E-state index contributed by atoms with van der Waals surface area (Å²) in [6.07, 6.45) is 0.718. The quantitative estimate of drug-likeness (QED) is 0.728. The maximum Gasteiger partial charge on any atom is 0.315 e. The zero-order valence-electron chi connectivity index (χ0n) is 17.2. The predicted octanol–water partition coefficient (Wildman–Crippen LogP) is 3.00. The van der Waals surface area contributed by atoms with E-state index in [1.165, 1.54) is 11.5 Å². The summed E-state index contributed by atoms with van der Waals surface area (Å²) in [6, 6.07) is 7.70. The smallest absolute Gasteiger partial charge is 0.315 e. The first-order chi connectivity index (χ1) is 13.8. The summed E-state index contributed by atoms with van der Waals surface area (Å²) in [5, 5.41) is 7.56. The first kappa shape index (κ1) is 21.8. The van der Waals surface area contributed by atoms with Crippen molar-refractivity contribution in [2.75, 3.05) is 44.2 Å². The van der Waals surface area contributed by atoms with Crippen LogP contribution >= 0.6 is 23.1 Å². The number of hydrogen-bond acceptors (Lipinski definition) is 6. The van der Waals surface area contributed by atoms with Crippen molar-refractivity contribution >= 4 is 34.3 Å². The Bertz CT molecular complexity index is 796. The molecular weight excluding hydrogens is 408 g/mol. The van der Waals surface area contributed by atoms with E-state index in [1.54, 1.807) is 0 Å². The lowest BCUT2D eigenvalue weighted by Crippen LogP contribution is -2.51. The van der Waals surface area contributed by atoms with E-state index in [2.05, 4.69) is 24.8 Å². The molecule has 0 aliphatic carbocycles. The Morgan fingerprint density at radius 3 is 2.52 bits per heavy atom. The number of nitrogens with one attached hydrogen (secondary N) is 2. The van der Waals surface area contributed by atoms with Gasteiger partial charge < -0.3 is 15.5 Å². The number of aromatic nitrogens is 2. The molecule has 3 rings (SSSR count). The van der Waals surface area contributed by atoms with E-state index in [4.69, 9.17) is 16.6 Å². The number of carbonyl (C=O) groups excluding carboxylic acids is 1. The second kappa shape index (κ2) is 9.73. The highest BCUT2D eigenvalue weighted by Gasteiger charge is 2.20. The number of amides is 2. The molecule has 0 unspecified atom stereocenters. The van der Waals surface area contributed by atoms with E-state index < -0.39 is 0 Å². The fourth-order valence-corrected chi connectivity index (χ4v) is 3.97. The molecule has 9 heteroatoms. The van der Waals surface area contributed by atoms with Crippen LogP contribution in [0.2, 0.25) is 5.02 Å². The van der Waals surface area contributed by atoms with E-state index in [0.29, 0.717) is 6.54 Å². The number of benzene rings is 1. The standard InChI is InChI=1S/C20H29ClN6OS/c1-20(2,3)24-18(28)22-8-9-26-10-12-27(13-11-26)19-23-17(25-29-19)14-15-4-6-16(21)7-5-15/h4-7H,8-14H2,1-3H3,(H2,22,24,28). The van der Waals surface area contributed by atoms with Crippen LogP contribution in [-0.4, -0.2) is 65.1 Å². The molecule has 0 spiro atoms. The molecule has 29 heavy (non-hydrogen) atoms. The van der Waals surface area contributed by atoms with E-state index >= 15 is 0 Å². The average Bonchev–Trinajstić information content (AvgIpc) is 3.11. The molecule has 158 valence electrons. The second-order valence-electron chi connectivity index (χ2n) is 8.26. The fraction of sp³-hybridized carbons (Fsp3) is 0.550. The van der Waals surface area contributed by atoms with Gasteiger partial charge in [0.2, 0.25) is 5.13 Å². The van der Waals surface area contributed by atoms with Gasteiger partial charge in [-0.3, -0.25) is 4.90 Å². The second-order valence-corrected chi connectivity index (χ2v) is 9.42. The molecule has 0 radical (unpaired) electrons. The van der Waals surface area contributed by atoms with Crippen molar-refractivity contribution in [2.24, 2.45) is 0 Å². The van der Waals surface area contributed by atoms with Gasteiger partial charge in [0.05, 0.1) is 0 Å². The van der Waals surface area contributed by atoms with Crippen molar-refractivity contribution in [3.8, 4) is 0 Å². The minimum Gasteiger partial charge on any atom is -0.344 e. The van der Waals surface area contributed by atoms with Gasteiger partial charge in [-0.25, -0.2) is 9.78 Å². The van der Waals surface area contributed by atoms with E-state index in [1.807, 2.05) is 45.0 Å². The summed E-state index contributed by atoms with van der Waals surface area (Å²) < 4.78 is 4.51. The van der Waals surface area contributed by atoms with Gasteiger partial charge in [-0.1, -0.05) is 23.7 Å². The van der Waals surface area contributed by atoms with Gasteiger partial charge in [0.25, 0.3) is 0 Å². The van der Waals surface area contributed by atoms with Gasteiger partial charge in [-0.2, -0.15) is 4.37 Å². The monoisotopic (exact) mass is 436 g/mol. The van der Waals surface area contributed by atoms with Crippen molar-refractivity contribution in [2.45, 2.75) is 32.7 Å². The topological polar surface area (TPSA) is 73.4 Å². The Hall–Kier alpha value is -1.90. The minimum absolute atomic E-state index is 0.113. The van der Waals surface area contributed by atoms with Crippen LogP contribution in [0.5, 0.6) is 0 Å². The highest BCUT2D eigenvalue weighted by molar-refractivity contribution is 7.09. The summed E-state index contributed by atoms with van der Waals surface area (Å²) in [5.74, 6) is 0.851. The maximum atomic E-state index is 11.8. The lowest BCUT2D eigenvalue weighted by molar-refractivity contribution is 0.225. The molecule has 2 heterocycles. The molecule has 0 atom stereocenters. The van der Waals surface area contributed by atoms with Gasteiger partial charge in [0.1, 0.15) is 5.82 Å². The maximum absolute atomic E-state index is 11.8. The molecule has 1 saturated heterocycles. The summed E-state index contributed by atoms with van der Waals surface area (Å²) in [5.41, 5.74) is 0.940. The number of rotatable bonds is 6. The SMILES string of the molecule is CC(C)(C)NC(=O)NCCN1CCN(c2nc(Cc3ccc(Cl)cc3)ns2)CC1. The number of anilines is 1. The van der Waals surface area contributed by atoms with Crippen LogP contribution in [0.3, 0.4) is 0 Å². The molecule has 1 aromatic carbocycles. The van der Waals surface area contributed by atoms with Crippen LogP contribution in [0, 0.1) is 0 Å². The summed E-state index contributed by atoms with van der Waals surface area (Å²) in [6.45, 7) is 11.2. The van der Waals surface area contributed by atoms with Crippen LogP contribution in [0.1, 0.15) is 32.2 Å². The predicted molar refractivity (Wildman–Crippen MR) is 119 cm³/mol. The van der Waals surface area contributed by atoms with Crippen LogP contribution in [0.4, 0.5) is 9.93 Å². The highest BCUT2D eigenvalue weighted by atomic mass is 35.5. The number of halogens is 1. The third kappa shape index (κ3) is 7.13. The van der Waals surface area contributed by atoms with Crippen LogP contribution in [-0.2, 0) is 6.42 Å². The lowest BCUT2D eigenvalue weighted by atomic mass is 10.1. The normalized spacial score (nSPS) is 15.4. The fourth-order valence-electron chi connectivity index (χ4n) is 3.10. The van der Waals surface area contributed by atoms with Crippen molar-refractivity contribution < 1.29 is 4.79 Å². The molecule has 1 aromatic heterocycles. The zero-order valence-corrected chi connectivity index (χ0v) is 18.8.